The fraction of sp³-hybridized carbons (Fsp3) is 0.500. The highest BCUT2D eigenvalue weighted by molar-refractivity contribution is 7.91. The highest BCUT2D eigenvalue weighted by Gasteiger charge is 2.41. The van der Waals surface area contributed by atoms with Crippen LogP contribution in [-0.4, -0.2) is 54.3 Å². The van der Waals surface area contributed by atoms with E-state index in [4.69, 9.17) is 5.11 Å². The number of carbonyl (C=O) groups is 2. The molecule has 0 spiro atoms. The SMILES string of the molecule is CNC(=O)C1CCCN1S(=O)(=O)c1scnc1C(=O)O. The normalized spacial score (nSPS) is 19.9. The predicted molar refractivity (Wildman–Crippen MR) is 70.1 cm³/mol. The Bertz CT molecular complexity index is 639. The highest BCUT2D eigenvalue weighted by Crippen LogP contribution is 2.30. The maximum atomic E-state index is 12.5. The lowest BCUT2D eigenvalue weighted by molar-refractivity contribution is -0.123. The molecule has 1 aromatic rings. The van der Waals surface area contributed by atoms with Gasteiger partial charge in [0.25, 0.3) is 10.0 Å². The van der Waals surface area contributed by atoms with Gasteiger partial charge in [0.05, 0.1) is 5.51 Å². The molecule has 1 aliphatic heterocycles. The Morgan fingerprint density at radius 1 is 1.55 bits per heavy atom. The molecule has 0 aliphatic carbocycles. The quantitative estimate of drug-likeness (QED) is 0.790. The average Bonchev–Trinajstić information content (AvgIpc) is 3.06. The number of nitrogens with one attached hydrogen (secondary N) is 1. The second-order valence-corrected chi connectivity index (χ2v) is 7.12. The maximum absolute atomic E-state index is 12.5. The van der Waals surface area contributed by atoms with Crippen molar-refractivity contribution >= 4 is 33.2 Å². The Hall–Kier alpha value is -1.52. The number of carboxylic acids is 1. The molecule has 1 saturated heterocycles. The van der Waals surface area contributed by atoms with Crippen molar-refractivity contribution in [2.24, 2.45) is 0 Å². The van der Waals surface area contributed by atoms with E-state index in [0.29, 0.717) is 12.8 Å². The number of sulfonamides is 1. The van der Waals surface area contributed by atoms with E-state index in [9.17, 15) is 18.0 Å². The first-order chi connectivity index (χ1) is 9.39. The molecule has 0 radical (unpaired) electrons. The summed E-state index contributed by atoms with van der Waals surface area (Å²) in [5.41, 5.74) is 0.666. The molecule has 0 aromatic carbocycles. The topological polar surface area (TPSA) is 117 Å². The van der Waals surface area contributed by atoms with E-state index >= 15 is 0 Å². The van der Waals surface area contributed by atoms with Crippen molar-refractivity contribution in [2.75, 3.05) is 13.6 Å². The number of aromatic carboxylic acids is 1. The van der Waals surface area contributed by atoms with Crippen LogP contribution in [0.4, 0.5) is 0 Å². The minimum absolute atomic E-state index is 0.192. The number of aromatic nitrogens is 1. The molecule has 0 bridgehead atoms. The molecular formula is C10H13N3O5S2. The van der Waals surface area contributed by atoms with Gasteiger partial charge in [-0.15, -0.1) is 11.3 Å². The van der Waals surface area contributed by atoms with Gasteiger partial charge in [-0.05, 0) is 12.8 Å². The van der Waals surface area contributed by atoms with E-state index < -0.39 is 33.6 Å². The van der Waals surface area contributed by atoms with Crippen LogP contribution in [-0.2, 0) is 14.8 Å². The fourth-order valence-corrected chi connectivity index (χ4v) is 5.04. The van der Waals surface area contributed by atoms with Crippen LogP contribution < -0.4 is 5.32 Å². The van der Waals surface area contributed by atoms with Crippen LogP contribution in [0.25, 0.3) is 0 Å². The third kappa shape index (κ3) is 2.41. The van der Waals surface area contributed by atoms with Gasteiger partial charge in [0.2, 0.25) is 5.91 Å². The lowest BCUT2D eigenvalue weighted by Gasteiger charge is -2.21. The molecule has 1 atom stereocenters. The van der Waals surface area contributed by atoms with Gasteiger partial charge in [0, 0.05) is 13.6 Å². The van der Waals surface area contributed by atoms with E-state index in [1.165, 1.54) is 12.6 Å². The van der Waals surface area contributed by atoms with Crippen LogP contribution in [0.2, 0.25) is 0 Å². The molecular weight excluding hydrogens is 306 g/mol. The fourth-order valence-electron chi connectivity index (χ4n) is 2.12. The predicted octanol–water partition coefficient (Wildman–Crippen LogP) is -0.260. The maximum Gasteiger partial charge on any atom is 0.356 e. The summed E-state index contributed by atoms with van der Waals surface area (Å²) >= 11 is 0.740. The van der Waals surface area contributed by atoms with Crippen molar-refractivity contribution in [1.82, 2.24) is 14.6 Å². The summed E-state index contributed by atoms with van der Waals surface area (Å²) in [5.74, 6) is -1.80. The van der Waals surface area contributed by atoms with Gasteiger partial charge in [0.15, 0.2) is 9.90 Å². The largest absolute Gasteiger partial charge is 0.476 e. The van der Waals surface area contributed by atoms with Crippen molar-refractivity contribution in [2.45, 2.75) is 23.1 Å². The second-order valence-electron chi connectivity index (χ2n) is 4.18. The van der Waals surface area contributed by atoms with Crippen molar-refractivity contribution in [1.29, 1.82) is 0 Å². The van der Waals surface area contributed by atoms with Gasteiger partial charge >= 0.3 is 5.97 Å². The van der Waals surface area contributed by atoms with Crippen molar-refractivity contribution in [3.05, 3.63) is 11.2 Å². The Morgan fingerprint density at radius 2 is 2.25 bits per heavy atom. The highest BCUT2D eigenvalue weighted by atomic mass is 32.2. The van der Waals surface area contributed by atoms with Crippen LogP contribution in [0, 0.1) is 0 Å². The number of amides is 1. The monoisotopic (exact) mass is 319 g/mol. The van der Waals surface area contributed by atoms with E-state index in [2.05, 4.69) is 10.3 Å². The van der Waals surface area contributed by atoms with E-state index in [1.54, 1.807) is 0 Å². The van der Waals surface area contributed by atoms with E-state index in [0.717, 1.165) is 15.6 Å². The molecule has 2 rings (SSSR count). The van der Waals surface area contributed by atoms with Gasteiger partial charge in [-0.2, -0.15) is 4.31 Å². The minimum atomic E-state index is -4.03. The summed E-state index contributed by atoms with van der Waals surface area (Å²) in [7, 11) is -2.60. The van der Waals surface area contributed by atoms with Gasteiger partial charge < -0.3 is 10.4 Å². The zero-order chi connectivity index (χ0) is 14.9. The molecule has 1 amide bonds. The summed E-state index contributed by atoms with van der Waals surface area (Å²) in [6.45, 7) is 0.192. The van der Waals surface area contributed by atoms with Gasteiger partial charge in [-0.1, -0.05) is 0 Å². The lowest BCUT2D eigenvalue weighted by atomic mass is 10.2. The van der Waals surface area contributed by atoms with Crippen LogP contribution in [0.15, 0.2) is 9.72 Å². The molecule has 2 N–H and O–H groups in total. The first kappa shape index (κ1) is 14.9. The molecule has 10 heteroatoms. The minimum Gasteiger partial charge on any atom is -0.476 e. The van der Waals surface area contributed by atoms with Crippen molar-refractivity contribution in [3.63, 3.8) is 0 Å². The second kappa shape index (κ2) is 5.46. The molecule has 1 fully saturated rings. The van der Waals surface area contributed by atoms with E-state index in [1.807, 2.05) is 0 Å². The Kier molecular flexibility index (Phi) is 4.06. The molecule has 110 valence electrons. The third-order valence-electron chi connectivity index (χ3n) is 3.03. The first-order valence-electron chi connectivity index (χ1n) is 5.79. The number of carboxylic acid groups (broad SMARTS) is 1. The smallest absolute Gasteiger partial charge is 0.356 e. The summed E-state index contributed by atoms with van der Waals surface area (Å²) in [6, 6.07) is -0.797. The van der Waals surface area contributed by atoms with Crippen molar-refractivity contribution in [3.8, 4) is 0 Å². The number of thiazole rings is 1. The molecule has 0 saturated carbocycles. The number of likely N-dealkylation sites (N-methyl/N-ethyl adjacent to an activating group) is 1. The lowest BCUT2D eigenvalue weighted by Crippen LogP contribution is -2.44. The van der Waals surface area contributed by atoms with Crippen LogP contribution >= 0.6 is 11.3 Å². The number of carbonyl (C=O) groups excluding carboxylic acids is 1. The third-order valence-corrected chi connectivity index (χ3v) is 6.29. The molecule has 1 unspecified atom stereocenters. The number of hydrogen-bond acceptors (Lipinski definition) is 6. The number of hydrogen-bond donors (Lipinski definition) is 2. The number of rotatable bonds is 4. The standard InChI is InChI=1S/C10H13N3O5S2/c1-11-8(14)6-3-2-4-13(6)20(17,18)10-7(9(15)16)12-5-19-10/h5-6H,2-4H2,1H3,(H,11,14)(H,15,16). The van der Waals surface area contributed by atoms with Gasteiger partial charge in [-0.3, -0.25) is 4.79 Å². The Morgan fingerprint density at radius 3 is 2.85 bits per heavy atom. The molecule has 1 aliphatic rings. The van der Waals surface area contributed by atoms with Crippen LogP contribution in [0.1, 0.15) is 23.3 Å². The van der Waals surface area contributed by atoms with Gasteiger partial charge in [-0.25, -0.2) is 18.2 Å². The summed E-state index contributed by atoms with van der Waals surface area (Å²) in [5, 5.41) is 11.4. The Labute approximate surface area is 119 Å². The van der Waals surface area contributed by atoms with Gasteiger partial charge in [0.1, 0.15) is 6.04 Å². The Balaban J connectivity index is 2.42. The zero-order valence-electron chi connectivity index (χ0n) is 10.6. The summed E-state index contributed by atoms with van der Waals surface area (Å²) in [4.78, 5) is 26.3. The molecule has 2 heterocycles. The van der Waals surface area contributed by atoms with Crippen LogP contribution in [0.3, 0.4) is 0 Å². The van der Waals surface area contributed by atoms with E-state index in [-0.39, 0.29) is 10.8 Å². The number of nitrogens with zero attached hydrogens (tertiary/aromatic N) is 2. The van der Waals surface area contributed by atoms with Crippen molar-refractivity contribution < 1.29 is 23.1 Å². The van der Waals surface area contributed by atoms with Crippen LogP contribution in [0.5, 0.6) is 0 Å². The average molecular weight is 319 g/mol. The zero-order valence-corrected chi connectivity index (χ0v) is 12.2. The molecule has 8 nitrogen and oxygen atoms in total. The first-order valence-corrected chi connectivity index (χ1v) is 8.11. The summed E-state index contributed by atoms with van der Waals surface area (Å²) in [6.07, 6.45) is 0.971. The molecule has 20 heavy (non-hydrogen) atoms. The summed E-state index contributed by atoms with van der Waals surface area (Å²) < 4.78 is 25.7. The molecule has 1 aromatic heterocycles.